The summed E-state index contributed by atoms with van der Waals surface area (Å²) < 4.78 is 38.6. The number of hydrogen-bond acceptors (Lipinski definition) is 2. The zero-order chi connectivity index (χ0) is 15.3. The molecule has 0 aliphatic heterocycles. The summed E-state index contributed by atoms with van der Waals surface area (Å²) in [5.74, 6) is 0. The predicted molar refractivity (Wildman–Crippen MR) is 82.2 cm³/mol. The van der Waals surface area contributed by atoms with Gasteiger partial charge in [0.05, 0.1) is 4.90 Å². The minimum absolute atomic E-state index is 0.0124. The third-order valence-corrected chi connectivity index (χ3v) is 4.97. The smallest absolute Gasteiger partial charge is 0.216 e. The molecule has 0 spiro atoms. The Morgan fingerprint density at radius 1 is 0.952 bits per heavy atom. The second kappa shape index (κ2) is 6.68. The lowest BCUT2D eigenvalue weighted by Gasteiger charge is -2.06. The van der Waals surface area contributed by atoms with Crippen LogP contribution in [0.3, 0.4) is 0 Å². The van der Waals surface area contributed by atoms with Gasteiger partial charge in [0.15, 0.2) is 0 Å². The molecule has 2 aromatic carbocycles. The van der Waals surface area contributed by atoms with Gasteiger partial charge in [-0.15, -0.1) is 0 Å². The molecule has 0 amide bonds. The Labute approximate surface area is 124 Å². The van der Waals surface area contributed by atoms with Crippen molar-refractivity contribution in [3.8, 4) is 0 Å². The van der Waals surface area contributed by atoms with Gasteiger partial charge in [-0.05, 0) is 43.0 Å². The van der Waals surface area contributed by atoms with Gasteiger partial charge in [-0.3, -0.25) is 0 Å². The molecule has 0 bridgehead atoms. The molecule has 110 valence electrons. The predicted octanol–water partition coefficient (Wildman–Crippen LogP) is 4.29. The number of benzene rings is 2. The topological polar surface area (TPSA) is 34.1 Å². The van der Waals surface area contributed by atoms with Gasteiger partial charge < -0.3 is 0 Å². The van der Waals surface area contributed by atoms with Crippen molar-refractivity contribution in [2.45, 2.75) is 24.7 Å². The van der Waals surface area contributed by atoms with E-state index in [1.807, 2.05) is 30.3 Å². The Bertz CT molecular complexity index is 720. The average molecular weight is 304 g/mol. The van der Waals surface area contributed by atoms with E-state index in [1.165, 1.54) is 19.1 Å². The summed E-state index contributed by atoms with van der Waals surface area (Å²) in [6.07, 6.45) is 0.992. The summed E-state index contributed by atoms with van der Waals surface area (Å²) >= 11 is 0. The summed E-state index contributed by atoms with van der Waals surface area (Å²) in [4.78, 5) is -0.0124. The third-order valence-electron chi connectivity index (χ3n) is 3.26. The Kier molecular flexibility index (Phi) is 4.91. The summed E-state index contributed by atoms with van der Waals surface area (Å²) in [6, 6.07) is 17.3. The van der Waals surface area contributed by atoms with Gasteiger partial charge in [0.25, 0.3) is 0 Å². The Balaban J connectivity index is 2.18. The fourth-order valence-corrected chi connectivity index (χ4v) is 3.29. The highest BCUT2D eigenvalue weighted by atomic mass is 32.2. The monoisotopic (exact) mass is 304 g/mol. The van der Waals surface area contributed by atoms with E-state index in [4.69, 9.17) is 0 Å². The first-order valence-corrected chi connectivity index (χ1v) is 8.19. The number of allylic oxidation sites excluding steroid dienone is 1. The normalized spacial score (nSPS) is 12.9. The molecule has 2 aromatic rings. The lowest BCUT2D eigenvalue weighted by atomic mass is 10.1. The van der Waals surface area contributed by atoms with Crippen LogP contribution >= 0.6 is 0 Å². The van der Waals surface area contributed by atoms with Crippen LogP contribution in [-0.2, 0) is 16.3 Å². The maximum Gasteiger partial charge on any atom is 0.233 e. The van der Waals surface area contributed by atoms with Crippen molar-refractivity contribution in [3.05, 3.63) is 77.0 Å². The highest BCUT2D eigenvalue weighted by Gasteiger charge is 2.22. The molecule has 0 aliphatic rings. The second-order valence-electron chi connectivity index (χ2n) is 4.86. The van der Waals surface area contributed by atoms with Crippen LogP contribution in [0.25, 0.3) is 0 Å². The van der Waals surface area contributed by atoms with Gasteiger partial charge >= 0.3 is 0 Å². The molecule has 0 fully saturated rings. The maximum absolute atomic E-state index is 14.3. The maximum atomic E-state index is 14.3. The zero-order valence-electron chi connectivity index (χ0n) is 11.8. The number of aryl methyl sites for hydroxylation is 1. The minimum atomic E-state index is -4.03. The molecule has 0 saturated heterocycles. The number of rotatable bonds is 5. The number of halogens is 1. The molecular weight excluding hydrogens is 287 g/mol. The Morgan fingerprint density at radius 2 is 1.48 bits per heavy atom. The van der Waals surface area contributed by atoms with E-state index in [0.717, 1.165) is 5.56 Å². The van der Waals surface area contributed by atoms with E-state index in [1.54, 1.807) is 18.2 Å². The van der Waals surface area contributed by atoms with E-state index in [-0.39, 0.29) is 10.5 Å². The van der Waals surface area contributed by atoms with Crippen LogP contribution in [0.4, 0.5) is 4.39 Å². The van der Waals surface area contributed by atoms with Crippen LogP contribution in [0.5, 0.6) is 0 Å². The fraction of sp³-hybridized carbons (Fsp3) is 0.176. The van der Waals surface area contributed by atoms with Crippen LogP contribution in [0.15, 0.2) is 76.3 Å². The van der Waals surface area contributed by atoms with E-state index in [2.05, 4.69) is 0 Å². The quantitative estimate of drug-likeness (QED) is 0.825. The van der Waals surface area contributed by atoms with E-state index < -0.39 is 15.0 Å². The summed E-state index contributed by atoms with van der Waals surface area (Å²) in [7, 11) is -4.03. The second-order valence-corrected chi connectivity index (χ2v) is 6.69. The summed E-state index contributed by atoms with van der Waals surface area (Å²) in [5, 5.41) is -1.04. The van der Waals surface area contributed by atoms with E-state index >= 15 is 0 Å². The first-order chi connectivity index (χ1) is 10.0. The van der Waals surface area contributed by atoms with Crippen molar-refractivity contribution in [1.82, 2.24) is 0 Å². The zero-order valence-corrected chi connectivity index (χ0v) is 12.6. The molecular formula is C17H17FO2S. The largest absolute Gasteiger partial charge is 0.233 e. The molecule has 0 heterocycles. The standard InChI is InChI=1S/C17H17FO2S/c1-14(12-13-15-8-4-2-5-9-15)17(18)21(19,20)16-10-6-3-7-11-16/h2-11H,12-13H2,1H3/b17-14+. The number of hydrogen-bond donors (Lipinski definition) is 0. The molecule has 21 heavy (non-hydrogen) atoms. The molecule has 0 radical (unpaired) electrons. The SMILES string of the molecule is C/C(CCc1ccccc1)=C(/F)S(=O)(=O)c1ccccc1. The van der Waals surface area contributed by atoms with Crippen molar-refractivity contribution in [3.63, 3.8) is 0 Å². The first-order valence-electron chi connectivity index (χ1n) is 6.71. The van der Waals surface area contributed by atoms with Crippen LogP contribution in [0.2, 0.25) is 0 Å². The van der Waals surface area contributed by atoms with Gasteiger partial charge in [0.2, 0.25) is 15.0 Å². The van der Waals surface area contributed by atoms with Gasteiger partial charge in [-0.1, -0.05) is 48.5 Å². The Hall–Kier alpha value is -1.94. The highest BCUT2D eigenvalue weighted by molar-refractivity contribution is 7.95. The van der Waals surface area contributed by atoms with E-state index in [0.29, 0.717) is 12.8 Å². The molecule has 4 heteroatoms. The van der Waals surface area contributed by atoms with Crippen molar-refractivity contribution in [2.24, 2.45) is 0 Å². The third kappa shape index (κ3) is 3.79. The van der Waals surface area contributed by atoms with Gasteiger partial charge in [-0.2, -0.15) is 4.39 Å². The molecule has 2 nitrogen and oxygen atoms in total. The van der Waals surface area contributed by atoms with Crippen LogP contribution in [0, 0.1) is 0 Å². The van der Waals surface area contributed by atoms with Gasteiger partial charge in [0.1, 0.15) is 0 Å². The first kappa shape index (κ1) is 15.4. The van der Waals surface area contributed by atoms with Crippen molar-refractivity contribution in [1.29, 1.82) is 0 Å². The minimum Gasteiger partial charge on any atom is -0.216 e. The molecule has 0 unspecified atom stereocenters. The summed E-state index contributed by atoms with van der Waals surface area (Å²) in [5.41, 5.74) is 1.31. The molecule has 0 aliphatic carbocycles. The van der Waals surface area contributed by atoms with Crippen molar-refractivity contribution >= 4 is 9.84 Å². The van der Waals surface area contributed by atoms with Crippen LogP contribution in [0.1, 0.15) is 18.9 Å². The lowest BCUT2D eigenvalue weighted by molar-refractivity contribution is 0.572. The average Bonchev–Trinajstić information content (AvgIpc) is 2.53. The van der Waals surface area contributed by atoms with Gasteiger partial charge in [-0.25, -0.2) is 8.42 Å². The molecule has 0 N–H and O–H groups in total. The fourth-order valence-electron chi connectivity index (χ4n) is 2.01. The van der Waals surface area contributed by atoms with E-state index in [9.17, 15) is 12.8 Å². The molecule has 2 rings (SSSR count). The van der Waals surface area contributed by atoms with Gasteiger partial charge in [0, 0.05) is 0 Å². The Morgan fingerprint density at radius 3 is 2.05 bits per heavy atom. The van der Waals surface area contributed by atoms with Crippen molar-refractivity contribution < 1.29 is 12.8 Å². The highest BCUT2D eigenvalue weighted by Crippen LogP contribution is 2.25. The lowest BCUT2D eigenvalue weighted by Crippen LogP contribution is -2.04. The van der Waals surface area contributed by atoms with Crippen LogP contribution < -0.4 is 0 Å². The molecule has 0 saturated carbocycles. The molecule has 0 aromatic heterocycles. The van der Waals surface area contributed by atoms with Crippen LogP contribution in [-0.4, -0.2) is 8.42 Å². The summed E-state index contributed by atoms with van der Waals surface area (Å²) in [6.45, 7) is 1.53. The molecule has 0 atom stereocenters. The van der Waals surface area contributed by atoms with Crippen molar-refractivity contribution in [2.75, 3.05) is 0 Å². The number of sulfone groups is 1.